The summed E-state index contributed by atoms with van der Waals surface area (Å²) in [6.07, 6.45) is -0.426. The fourth-order valence-electron chi connectivity index (χ4n) is 2.31. The number of amides is 1. The van der Waals surface area contributed by atoms with E-state index in [1.807, 2.05) is 36.4 Å². The number of anilines is 1. The lowest BCUT2D eigenvalue weighted by atomic mass is 9.99. The van der Waals surface area contributed by atoms with Crippen molar-refractivity contribution < 1.29 is 9.90 Å². The van der Waals surface area contributed by atoms with Gasteiger partial charge >= 0.3 is 0 Å². The summed E-state index contributed by atoms with van der Waals surface area (Å²) in [7, 11) is 0. The Morgan fingerprint density at radius 1 is 1.16 bits per heavy atom. The van der Waals surface area contributed by atoms with Crippen molar-refractivity contribution in [2.75, 3.05) is 5.32 Å². The molecule has 0 aromatic heterocycles. The average molecular weight is 274 g/mol. The Labute approximate surface area is 115 Å². The Bertz CT molecular complexity index is 640. The van der Waals surface area contributed by atoms with Gasteiger partial charge in [0.15, 0.2) is 0 Å². The molecular weight excluding hydrogens is 262 g/mol. The second kappa shape index (κ2) is 4.68. The second-order valence-electron chi connectivity index (χ2n) is 4.58. The van der Waals surface area contributed by atoms with Crippen molar-refractivity contribution in [2.24, 2.45) is 0 Å². The van der Waals surface area contributed by atoms with Crippen LogP contribution in [0.5, 0.6) is 0 Å². The van der Waals surface area contributed by atoms with Crippen molar-refractivity contribution in [1.82, 2.24) is 0 Å². The normalized spacial score (nSPS) is 14.9. The highest BCUT2D eigenvalue weighted by atomic mass is 35.5. The number of aliphatic hydroxyl groups is 1. The Morgan fingerprint density at radius 2 is 1.89 bits per heavy atom. The van der Waals surface area contributed by atoms with E-state index in [1.54, 1.807) is 6.07 Å². The summed E-state index contributed by atoms with van der Waals surface area (Å²) in [6.45, 7) is 0. The highest BCUT2D eigenvalue weighted by Gasteiger charge is 2.23. The first kappa shape index (κ1) is 12.2. The molecule has 3 nitrogen and oxygen atoms in total. The Kier molecular flexibility index (Phi) is 3.01. The molecular formula is C15H12ClNO2. The predicted molar refractivity (Wildman–Crippen MR) is 74.3 cm³/mol. The highest BCUT2D eigenvalue weighted by Crippen LogP contribution is 2.35. The third kappa shape index (κ3) is 2.23. The van der Waals surface area contributed by atoms with Gasteiger partial charge < -0.3 is 10.4 Å². The minimum atomic E-state index is -0.736. The Morgan fingerprint density at radius 3 is 2.63 bits per heavy atom. The minimum absolute atomic E-state index is 0.0664. The molecule has 0 bridgehead atoms. The number of carbonyl (C=O) groups is 1. The number of halogens is 1. The highest BCUT2D eigenvalue weighted by molar-refractivity contribution is 6.34. The standard InChI is InChI=1S/C15H12ClNO2/c16-12-7-11(6-10-8-13(18)17-14(10)12)15(19)9-4-2-1-3-5-9/h1-7,15,19H,8H2,(H,17,18). The zero-order valence-corrected chi connectivity index (χ0v) is 10.8. The summed E-state index contributed by atoms with van der Waals surface area (Å²) in [6, 6.07) is 12.9. The largest absolute Gasteiger partial charge is 0.384 e. The van der Waals surface area contributed by atoms with Crippen molar-refractivity contribution in [1.29, 1.82) is 0 Å². The number of hydrogen-bond donors (Lipinski definition) is 2. The smallest absolute Gasteiger partial charge is 0.228 e. The molecule has 0 fully saturated rings. The minimum Gasteiger partial charge on any atom is -0.384 e. The quantitative estimate of drug-likeness (QED) is 0.884. The van der Waals surface area contributed by atoms with Gasteiger partial charge in [-0.05, 0) is 22.8 Å². The van der Waals surface area contributed by atoms with Gasteiger partial charge in [0, 0.05) is 0 Å². The van der Waals surface area contributed by atoms with Crippen molar-refractivity contribution in [3.8, 4) is 0 Å². The SMILES string of the molecule is O=C1Cc2cc(C(O)c3ccccc3)cc(Cl)c2N1. The van der Waals surface area contributed by atoms with Crippen LogP contribution in [0.3, 0.4) is 0 Å². The van der Waals surface area contributed by atoms with Crippen LogP contribution in [0.2, 0.25) is 5.02 Å². The van der Waals surface area contributed by atoms with Crippen LogP contribution in [0.4, 0.5) is 5.69 Å². The molecule has 1 aliphatic heterocycles. The molecule has 2 aromatic rings. The molecule has 1 atom stereocenters. The number of aliphatic hydroxyl groups excluding tert-OH is 1. The van der Waals surface area contributed by atoms with E-state index in [0.29, 0.717) is 22.7 Å². The fourth-order valence-corrected chi connectivity index (χ4v) is 2.60. The van der Waals surface area contributed by atoms with E-state index in [1.165, 1.54) is 0 Å². The van der Waals surface area contributed by atoms with Gasteiger partial charge in [-0.3, -0.25) is 4.79 Å². The van der Waals surface area contributed by atoms with Gasteiger partial charge in [-0.2, -0.15) is 0 Å². The molecule has 3 rings (SSSR count). The molecule has 0 saturated carbocycles. The summed E-state index contributed by atoms with van der Waals surface area (Å²) in [5.41, 5.74) is 3.00. The number of rotatable bonds is 2. The van der Waals surface area contributed by atoms with Crippen LogP contribution < -0.4 is 5.32 Å². The first-order chi connectivity index (χ1) is 9.15. The van der Waals surface area contributed by atoms with Gasteiger partial charge in [-0.25, -0.2) is 0 Å². The molecule has 1 heterocycles. The molecule has 0 spiro atoms. The zero-order valence-electron chi connectivity index (χ0n) is 10.1. The van der Waals surface area contributed by atoms with E-state index in [2.05, 4.69) is 5.32 Å². The fraction of sp³-hybridized carbons (Fsp3) is 0.133. The van der Waals surface area contributed by atoms with E-state index in [9.17, 15) is 9.90 Å². The van der Waals surface area contributed by atoms with E-state index < -0.39 is 6.10 Å². The number of fused-ring (bicyclic) bond motifs is 1. The number of benzene rings is 2. The van der Waals surface area contributed by atoms with E-state index in [4.69, 9.17) is 11.6 Å². The lowest BCUT2D eigenvalue weighted by Gasteiger charge is -2.13. The lowest BCUT2D eigenvalue weighted by Crippen LogP contribution is -2.03. The molecule has 0 aliphatic carbocycles. The third-order valence-corrected chi connectivity index (χ3v) is 3.54. The monoisotopic (exact) mass is 273 g/mol. The third-order valence-electron chi connectivity index (χ3n) is 3.24. The van der Waals surface area contributed by atoms with Crippen LogP contribution in [0.25, 0.3) is 0 Å². The van der Waals surface area contributed by atoms with Gasteiger partial charge in [-0.15, -0.1) is 0 Å². The van der Waals surface area contributed by atoms with Crippen molar-refractivity contribution in [3.05, 3.63) is 64.2 Å². The summed E-state index contributed by atoms with van der Waals surface area (Å²) < 4.78 is 0. The maximum absolute atomic E-state index is 11.4. The Hall–Kier alpha value is -1.84. The van der Waals surface area contributed by atoms with Crippen LogP contribution >= 0.6 is 11.6 Å². The molecule has 0 saturated heterocycles. The number of carbonyl (C=O) groups excluding carboxylic acids is 1. The van der Waals surface area contributed by atoms with Crippen LogP contribution in [0, 0.1) is 0 Å². The maximum atomic E-state index is 11.4. The molecule has 2 aromatic carbocycles. The molecule has 1 unspecified atom stereocenters. The topological polar surface area (TPSA) is 49.3 Å². The number of nitrogens with one attached hydrogen (secondary N) is 1. The molecule has 1 aliphatic rings. The van der Waals surface area contributed by atoms with Crippen molar-refractivity contribution in [2.45, 2.75) is 12.5 Å². The lowest BCUT2D eigenvalue weighted by molar-refractivity contribution is -0.115. The molecule has 96 valence electrons. The van der Waals surface area contributed by atoms with Gasteiger partial charge in [0.05, 0.1) is 17.1 Å². The summed E-state index contributed by atoms with van der Waals surface area (Å²) >= 11 is 6.15. The molecule has 2 N–H and O–H groups in total. The summed E-state index contributed by atoms with van der Waals surface area (Å²) in [4.78, 5) is 11.4. The first-order valence-corrected chi connectivity index (χ1v) is 6.38. The Balaban J connectivity index is 2.01. The zero-order chi connectivity index (χ0) is 13.4. The van der Waals surface area contributed by atoms with Crippen molar-refractivity contribution in [3.63, 3.8) is 0 Å². The molecule has 1 amide bonds. The van der Waals surface area contributed by atoms with Gasteiger partial charge in [0.2, 0.25) is 5.91 Å². The van der Waals surface area contributed by atoms with E-state index in [0.717, 1.165) is 11.1 Å². The first-order valence-electron chi connectivity index (χ1n) is 6.00. The van der Waals surface area contributed by atoms with Crippen LogP contribution in [-0.4, -0.2) is 11.0 Å². The predicted octanol–water partition coefficient (Wildman–Crippen LogP) is 2.92. The van der Waals surface area contributed by atoms with Crippen molar-refractivity contribution >= 4 is 23.2 Å². The van der Waals surface area contributed by atoms with E-state index in [-0.39, 0.29) is 5.91 Å². The average Bonchev–Trinajstić information content (AvgIpc) is 2.80. The molecule has 0 radical (unpaired) electrons. The van der Waals surface area contributed by atoms with Gasteiger partial charge in [0.1, 0.15) is 6.10 Å². The summed E-state index contributed by atoms with van der Waals surface area (Å²) in [5.74, 6) is -0.0664. The van der Waals surface area contributed by atoms with Crippen LogP contribution in [0.15, 0.2) is 42.5 Å². The molecule has 4 heteroatoms. The number of hydrogen-bond acceptors (Lipinski definition) is 2. The van der Waals surface area contributed by atoms with Crippen LogP contribution in [-0.2, 0) is 11.2 Å². The maximum Gasteiger partial charge on any atom is 0.228 e. The van der Waals surface area contributed by atoms with Gasteiger partial charge in [-0.1, -0.05) is 48.0 Å². The molecule has 19 heavy (non-hydrogen) atoms. The summed E-state index contributed by atoms with van der Waals surface area (Å²) in [5, 5.41) is 13.5. The van der Waals surface area contributed by atoms with Crippen LogP contribution in [0.1, 0.15) is 22.8 Å². The second-order valence-corrected chi connectivity index (χ2v) is 4.98. The van der Waals surface area contributed by atoms with E-state index >= 15 is 0 Å². The van der Waals surface area contributed by atoms with Gasteiger partial charge in [0.25, 0.3) is 0 Å².